The zero-order valence-electron chi connectivity index (χ0n) is 28.0. The molecular weight excluding hydrogens is 701 g/mol. The Morgan fingerprint density at radius 2 is 1.80 bits per heavy atom. The molecule has 10 nitrogen and oxygen atoms in total. The average Bonchev–Trinajstić information content (AvgIpc) is 3.45. The van der Waals surface area contributed by atoms with Gasteiger partial charge in [-0.2, -0.15) is 5.10 Å². The summed E-state index contributed by atoms with van der Waals surface area (Å²) >= 11 is 13.9. The second kappa shape index (κ2) is 16.9. The zero-order chi connectivity index (χ0) is 35.8. The van der Waals surface area contributed by atoms with Crippen LogP contribution in [0.5, 0.6) is 17.2 Å². The Kier molecular flexibility index (Phi) is 12.4. The molecule has 0 radical (unpaired) electrons. The number of nitrogens with zero attached hydrogens (tertiary/aromatic N) is 1. The van der Waals surface area contributed by atoms with Crippen molar-refractivity contribution in [2.24, 2.45) is 11.0 Å². The summed E-state index contributed by atoms with van der Waals surface area (Å²) < 4.78 is 22.4. The Labute approximate surface area is 304 Å². The Bertz CT molecular complexity index is 1870. The van der Waals surface area contributed by atoms with Crippen LogP contribution in [0.2, 0.25) is 10.0 Å². The number of amides is 2. The number of hydrogen-bond acceptors (Lipinski definition) is 9. The van der Waals surface area contributed by atoms with Gasteiger partial charge >= 0.3 is 5.97 Å². The van der Waals surface area contributed by atoms with E-state index in [-0.39, 0.29) is 19.1 Å². The van der Waals surface area contributed by atoms with Crippen LogP contribution in [0.1, 0.15) is 69.5 Å². The predicted octanol–water partition coefficient (Wildman–Crippen LogP) is 8.11. The van der Waals surface area contributed by atoms with E-state index in [1.54, 1.807) is 74.5 Å². The highest BCUT2D eigenvalue weighted by atomic mass is 35.5. The molecule has 1 aliphatic rings. The number of ether oxygens (including phenoxy) is 4. The number of carbonyl (C=O) groups excluding carboxylic acids is 3. The van der Waals surface area contributed by atoms with Gasteiger partial charge < -0.3 is 24.3 Å². The van der Waals surface area contributed by atoms with Crippen molar-refractivity contribution in [1.82, 2.24) is 5.43 Å². The van der Waals surface area contributed by atoms with E-state index >= 15 is 0 Å². The van der Waals surface area contributed by atoms with Crippen molar-refractivity contribution in [1.29, 1.82) is 0 Å². The first-order valence-electron chi connectivity index (χ1n) is 16.0. The molecule has 2 amide bonds. The number of carbonyl (C=O) groups is 3. The standard InChI is InChI=1S/C37H37Cl2N3O7S/c1-5-47-37(45)33-26-15-9-21(2)17-32(26)50-36(33)41-35(44)24-11-13-25(14-12-24)49-22(3)34(43)42-40-19-23-10-16-30(31(18-23)46-4)48-20-27-28(38)7-6-8-29(27)39/h6-8,10-14,16,18-19,21-22H,5,9,15,17,20H2,1-4H3,(H,41,44)(H,42,43)/b40-19-/t21-,22-/m1/s1. The molecule has 1 aromatic heterocycles. The fourth-order valence-corrected chi connectivity index (χ4v) is 7.24. The first-order valence-corrected chi connectivity index (χ1v) is 17.6. The maximum Gasteiger partial charge on any atom is 0.341 e. The minimum Gasteiger partial charge on any atom is -0.493 e. The Balaban J connectivity index is 1.15. The third-order valence-electron chi connectivity index (χ3n) is 8.03. The maximum atomic E-state index is 13.2. The van der Waals surface area contributed by atoms with Crippen molar-refractivity contribution in [3.05, 3.63) is 103 Å². The molecule has 262 valence electrons. The molecule has 0 fully saturated rings. The number of hydrazone groups is 1. The van der Waals surface area contributed by atoms with E-state index in [1.807, 2.05) is 0 Å². The third-order valence-corrected chi connectivity index (χ3v) is 9.90. The molecule has 13 heteroatoms. The first-order chi connectivity index (χ1) is 24.1. The number of methoxy groups -OCH3 is 1. The van der Waals surface area contributed by atoms with Gasteiger partial charge in [-0.15, -0.1) is 11.3 Å². The molecule has 0 saturated carbocycles. The van der Waals surface area contributed by atoms with Crippen LogP contribution in [0.4, 0.5) is 5.00 Å². The van der Waals surface area contributed by atoms with Gasteiger partial charge in [-0.1, -0.05) is 36.2 Å². The van der Waals surface area contributed by atoms with Crippen LogP contribution in [-0.4, -0.2) is 43.8 Å². The fourth-order valence-electron chi connectivity index (χ4n) is 5.34. The molecule has 50 heavy (non-hydrogen) atoms. The third kappa shape index (κ3) is 8.95. The van der Waals surface area contributed by atoms with Gasteiger partial charge in [-0.05, 0) is 105 Å². The van der Waals surface area contributed by atoms with Crippen LogP contribution in [0.3, 0.4) is 0 Å². The number of esters is 1. The molecule has 2 N–H and O–H groups in total. The summed E-state index contributed by atoms with van der Waals surface area (Å²) in [7, 11) is 1.52. The van der Waals surface area contributed by atoms with E-state index in [4.69, 9.17) is 42.1 Å². The summed E-state index contributed by atoms with van der Waals surface area (Å²) in [6, 6.07) is 16.8. The van der Waals surface area contributed by atoms with Crippen molar-refractivity contribution in [2.45, 2.75) is 52.7 Å². The Morgan fingerprint density at radius 3 is 2.50 bits per heavy atom. The van der Waals surface area contributed by atoms with Crippen molar-refractivity contribution in [2.75, 3.05) is 19.0 Å². The molecule has 2 atom stereocenters. The lowest BCUT2D eigenvalue weighted by molar-refractivity contribution is -0.127. The normalized spacial score (nSPS) is 14.4. The highest BCUT2D eigenvalue weighted by Crippen LogP contribution is 2.40. The molecule has 1 heterocycles. The summed E-state index contributed by atoms with van der Waals surface area (Å²) in [6.07, 6.45) is 3.20. The molecule has 5 rings (SSSR count). The number of nitrogens with one attached hydrogen (secondary N) is 2. The van der Waals surface area contributed by atoms with Gasteiger partial charge in [0.1, 0.15) is 17.4 Å². The van der Waals surface area contributed by atoms with Crippen LogP contribution in [0.15, 0.2) is 65.8 Å². The fraction of sp³-hybridized carbons (Fsp3) is 0.297. The van der Waals surface area contributed by atoms with Crippen molar-refractivity contribution in [3.63, 3.8) is 0 Å². The minimum atomic E-state index is -0.888. The summed E-state index contributed by atoms with van der Waals surface area (Å²) in [4.78, 5) is 39.8. The van der Waals surface area contributed by atoms with Gasteiger partial charge in [0, 0.05) is 26.0 Å². The summed E-state index contributed by atoms with van der Waals surface area (Å²) in [5.41, 5.74) is 5.58. The molecule has 0 spiro atoms. The van der Waals surface area contributed by atoms with Crippen molar-refractivity contribution in [3.8, 4) is 17.2 Å². The van der Waals surface area contributed by atoms with E-state index < -0.39 is 18.0 Å². The smallest absolute Gasteiger partial charge is 0.341 e. The SMILES string of the molecule is CCOC(=O)c1c(NC(=O)c2ccc(O[C@H](C)C(=O)N/N=C\c3ccc(OCc4c(Cl)cccc4Cl)c(OC)c3)cc2)sc2c1CC[C@@H](C)C2. The van der Waals surface area contributed by atoms with Crippen LogP contribution < -0.4 is 25.0 Å². The molecule has 1 aliphatic carbocycles. The number of fused-ring (bicyclic) bond motifs is 1. The second-order valence-corrected chi connectivity index (χ2v) is 13.6. The Morgan fingerprint density at radius 1 is 1.06 bits per heavy atom. The molecule has 0 unspecified atom stereocenters. The minimum absolute atomic E-state index is 0.153. The second-order valence-electron chi connectivity index (χ2n) is 11.6. The van der Waals surface area contributed by atoms with Gasteiger partial charge in [0.15, 0.2) is 17.6 Å². The quantitative estimate of drug-likeness (QED) is 0.0807. The van der Waals surface area contributed by atoms with Gasteiger partial charge in [0.25, 0.3) is 11.8 Å². The monoisotopic (exact) mass is 737 g/mol. The van der Waals surface area contributed by atoms with E-state index in [9.17, 15) is 14.4 Å². The van der Waals surface area contributed by atoms with Crippen LogP contribution in [0, 0.1) is 5.92 Å². The van der Waals surface area contributed by atoms with Crippen LogP contribution in [-0.2, 0) is 29.0 Å². The van der Waals surface area contributed by atoms with Gasteiger partial charge in [0.2, 0.25) is 0 Å². The number of hydrogen-bond donors (Lipinski definition) is 2. The lowest BCUT2D eigenvalue weighted by atomic mass is 9.88. The zero-order valence-corrected chi connectivity index (χ0v) is 30.3. The van der Waals surface area contributed by atoms with E-state index in [2.05, 4.69) is 22.8 Å². The van der Waals surface area contributed by atoms with Gasteiger partial charge in [0.05, 0.1) is 25.5 Å². The van der Waals surface area contributed by atoms with E-state index in [0.29, 0.717) is 60.5 Å². The molecule has 0 saturated heterocycles. The molecular formula is C37H37Cl2N3O7S. The summed E-state index contributed by atoms with van der Waals surface area (Å²) in [6.45, 7) is 5.93. The highest BCUT2D eigenvalue weighted by molar-refractivity contribution is 7.17. The lowest BCUT2D eigenvalue weighted by Crippen LogP contribution is -2.33. The number of anilines is 1. The lowest BCUT2D eigenvalue weighted by Gasteiger charge is -2.18. The van der Waals surface area contributed by atoms with Crippen molar-refractivity contribution < 1.29 is 33.3 Å². The highest BCUT2D eigenvalue weighted by Gasteiger charge is 2.29. The van der Waals surface area contributed by atoms with E-state index in [1.165, 1.54) is 24.7 Å². The molecule has 3 aromatic carbocycles. The summed E-state index contributed by atoms with van der Waals surface area (Å²) in [5, 5.41) is 8.46. The average molecular weight is 739 g/mol. The molecule has 0 aliphatic heterocycles. The number of rotatable bonds is 13. The van der Waals surface area contributed by atoms with Crippen molar-refractivity contribution >= 4 is 63.5 Å². The molecule has 0 bridgehead atoms. The van der Waals surface area contributed by atoms with Gasteiger partial charge in [-0.25, -0.2) is 10.2 Å². The number of halogens is 2. The number of thiophene rings is 1. The molecule has 4 aromatic rings. The summed E-state index contributed by atoms with van der Waals surface area (Å²) in [5.74, 6) is 0.577. The topological polar surface area (TPSA) is 125 Å². The maximum absolute atomic E-state index is 13.2. The Hall–Kier alpha value is -4.58. The van der Waals surface area contributed by atoms with Crippen LogP contribution >= 0.6 is 34.5 Å². The van der Waals surface area contributed by atoms with E-state index in [0.717, 1.165) is 29.7 Å². The first kappa shape index (κ1) is 36.7. The predicted molar refractivity (Wildman–Crippen MR) is 195 cm³/mol. The number of benzene rings is 3. The van der Waals surface area contributed by atoms with Gasteiger partial charge in [-0.3, -0.25) is 9.59 Å². The largest absolute Gasteiger partial charge is 0.493 e. The van der Waals surface area contributed by atoms with Crippen LogP contribution in [0.25, 0.3) is 0 Å².